The maximum Gasteiger partial charge on any atom is 0.242 e. The van der Waals surface area contributed by atoms with Crippen LogP contribution in [0.3, 0.4) is 0 Å². The zero-order chi connectivity index (χ0) is 13.5. The fourth-order valence-electron chi connectivity index (χ4n) is 1.50. The van der Waals surface area contributed by atoms with E-state index in [0.717, 1.165) is 0 Å². The van der Waals surface area contributed by atoms with Crippen LogP contribution in [0.1, 0.15) is 13.3 Å². The first-order chi connectivity index (χ1) is 8.54. The first-order valence-electron chi connectivity index (χ1n) is 5.65. The number of carbonyl (C=O) groups is 2. The molecule has 2 amide bonds. The van der Waals surface area contributed by atoms with Crippen molar-refractivity contribution in [3.05, 3.63) is 24.3 Å². The van der Waals surface area contributed by atoms with Crippen molar-refractivity contribution in [2.75, 3.05) is 11.9 Å². The summed E-state index contributed by atoms with van der Waals surface area (Å²) in [7, 11) is 0. The standard InChI is InChI=1S/C12H17N3O3/c1-2-14-9(7-11(13)17)12(18)15-8-5-3-4-6-10(8)16/h3-6,9,14,16H,2,7H2,1H3,(H2,13,17)(H,15,18)/t9-/m0/s1. The van der Waals surface area contributed by atoms with Gasteiger partial charge in [-0.3, -0.25) is 9.59 Å². The summed E-state index contributed by atoms with van der Waals surface area (Å²) in [6.45, 7) is 2.35. The molecule has 6 nitrogen and oxygen atoms in total. The highest BCUT2D eigenvalue weighted by molar-refractivity contribution is 5.98. The van der Waals surface area contributed by atoms with Gasteiger partial charge in [-0.25, -0.2) is 0 Å². The summed E-state index contributed by atoms with van der Waals surface area (Å²) in [6, 6.07) is 5.67. The molecule has 0 saturated heterocycles. The molecular formula is C12H17N3O3. The van der Waals surface area contributed by atoms with E-state index in [4.69, 9.17) is 5.73 Å². The predicted octanol–water partition coefficient (Wildman–Crippen LogP) is 0.184. The Morgan fingerprint density at radius 1 is 1.39 bits per heavy atom. The van der Waals surface area contributed by atoms with Crippen LogP contribution in [0, 0.1) is 0 Å². The molecule has 1 atom stereocenters. The zero-order valence-corrected chi connectivity index (χ0v) is 10.1. The van der Waals surface area contributed by atoms with Gasteiger partial charge >= 0.3 is 0 Å². The van der Waals surface area contributed by atoms with Gasteiger partial charge in [0.1, 0.15) is 5.75 Å². The Labute approximate surface area is 105 Å². The quantitative estimate of drug-likeness (QED) is 0.541. The number of para-hydroxylation sites is 2. The molecule has 1 rings (SSSR count). The minimum Gasteiger partial charge on any atom is -0.506 e. The van der Waals surface area contributed by atoms with Gasteiger partial charge in [0.25, 0.3) is 0 Å². The number of rotatable bonds is 6. The largest absolute Gasteiger partial charge is 0.506 e. The first-order valence-corrected chi connectivity index (χ1v) is 5.65. The van der Waals surface area contributed by atoms with Crippen LogP contribution < -0.4 is 16.4 Å². The molecule has 18 heavy (non-hydrogen) atoms. The Kier molecular flexibility index (Phi) is 5.13. The third-order valence-corrected chi connectivity index (χ3v) is 2.33. The summed E-state index contributed by atoms with van der Waals surface area (Å²) in [4.78, 5) is 22.8. The maximum absolute atomic E-state index is 11.9. The lowest BCUT2D eigenvalue weighted by Crippen LogP contribution is -2.43. The number of hydrogen-bond acceptors (Lipinski definition) is 4. The Balaban J connectivity index is 2.72. The lowest BCUT2D eigenvalue weighted by atomic mass is 10.1. The number of aromatic hydroxyl groups is 1. The van der Waals surface area contributed by atoms with E-state index in [-0.39, 0.29) is 12.2 Å². The molecule has 0 aromatic heterocycles. The fraction of sp³-hybridized carbons (Fsp3) is 0.333. The van der Waals surface area contributed by atoms with Crippen LogP contribution in [0.2, 0.25) is 0 Å². The number of nitrogens with two attached hydrogens (primary N) is 1. The highest BCUT2D eigenvalue weighted by atomic mass is 16.3. The van der Waals surface area contributed by atoms with Gasteiger partial charge in [0, 0.05) is 0 Å². The number of phenols is 1. The first kappa shape index (κ1) is 14.0. The lowest BCUT2D eigenvalue weighted by molar-refractivity contribution is -0.124. The van der Waals surface area contributed by atoms with E-state index in [2.05, 4.69) is 10.6 Å². The normalized spacial score (nSPS) is 11.8. The molecule has 0 heterocycles. The van der Waals surface area contributed by atoms with Gasteiger partial charge in [0.15, 0.2) is 0 Å². The second-order valence-electron chi connectivity index (χ2n) is 3.79. The molecule has 0 bridgehead atoms. The summed E-state index contributed by atoms with van der Waals surface area (Å²) in [6.07, 6.45) is -0.0900. The van der Waals surface area contributed by atoms with Crippen LogP contribution in [0.15, 0.2) is 24.3 Å². The van der Waals surface area contributed by atoms with Gasteiger partial charge in [-0.2, -0.15) is 0 Å². The van der Waals surface area contributed by atoms with Crippen LogP contribution in [-0.4, -0.2) is 29.5 Å². The zero-order valence-electron chi connectivity index (χ0n) is 10.1. The summed E-state index contributed by atoms with van der Waals surface area (Å²) >= 11 is 0. The van der Waals surface area contributed by atoms with Crippen molar-refractivity contribution in [1.29, 1.82) is 0 Å². The number of nitrogens with one attached hydrogen (secondary N) is 2. The van der Waals surface area contributed by atoms with Crippen LogP contribution >= 0.6 is 0 Å². The minimum atomic E-state index is -0.702. The molecule has 0 unspecified atom stereocenters. The molecule has 0 spiro atoms. The van der Waals surface area contributed by atoms with Crippen molar-refractivity contribution in [3.8, 4) is 5.75 Å². The Bertz CT molecular complexity index is 434. The molecule has 6 heteroatoms. The number of phenolic OH excluding ortho intramolecular Hbond substituents is 1. The molecule has 98 valence electrons. The summed E-state index contributed by atoms with van der Waals surface area (Å²) in [5.74, 6) is -0.995. The molecule has 0 aliphatic heterocycles. The van der Waals surface area contributed by atoms with Gasteiger partial charge in [0.2, 0.25) is 11.8 Å². The van der Waals surface area contributed by atoms with Crippen LogP contribution in [0.25, 0.3) is 0 Å². The van der Waals surface area contributed by atoms with Crippen molar-refractivity contribution in [1.82, 2.24) is 5.32 Å². The molecule has 0 aliphatic carbocycles. The number of carbonyl (C=O) groups excluding carboxylic acids is 2. The SMILES string of the molecule is CCN[C@@H](CC(N)=O)C(=O)Nc1ccccc1O. The van der Waals surface area contributed by atoms with E-state index in [1.165, 1.54) is 6.07 Å². The fourth-order valence-corrected chi connectivity index (χ4v) is 1.50. The van der Waals surface area contributed by atoms with Gasteiger partial charge < -0.3 is 21.5 Å². The predicted molar refractivity (Wildman–Crippen MR) is 68.0 cm³/mol. The van der Waals surface area contributed by atoms with Crippen LogP contribution in [0.4, 0.5) is 5.69 Å². The Hall–Kier alpha value is -2.08. The topological polar surface area (TPSA) is 104 Å². The molecule has 5 N–H and O–H groups in total. The van der Waals surface area contributed by atoms with E-state index in [9.17, 15) is 14.7 Å². The number of primary amides is 1. The van der Waals surface area contributed by atoms with E-state index < -0.39 is 17.9 Å². The van der Waals surface area contributed by atoms with Gasteiger partial charge in [-0.1, -0.05) is 19.1 Å². The average molecular weight is 251 g/mol. The second kappa shape index (κ2) is 6.61. The number of amides is 2. The number of anilines is 1. The maximum atomic E-state index is 11.9. The molecule has 0 radical (unpaired) electrons. The van der Waals surface area contributed by atoms with E-state index in [1.807, 2.05) is 6.92 Å². The van der Waals surface area contributed by atoms with Gasteiger partial charge in [-0.05, 0) is 18.7 Å². The molecule has 0 saturated carbocycles. The van der Waals surface area contributed by atoms with Crippen LogP contribution in [-0.2, 0) is 9.59 Å². The van der Waals surface area contributed by atoms with Crippen molar-refractivity contribution >= 4 is 17.5 Å². The van der Waals surface area contributed by atoms with E-state index in [0.29, 0.717) is 12.2 Å². The monoisotopic (exact) mass is 251 g/mol. The molecule has 0 fully saturated rings. The molecular weight excluding hydrogens is 234 g/mol. The van der Waals surface area contributed by atoms with Crippen molar-refractivity contribution < 1.29 is 14.7 Å². The summed E-state index contributed by atoms with van der Waals surface area (Å²) in [5.41, 5.74) is 5.38. The number of likely N-dealkylation sites (N-methyl/N-ethyl adjacent to an activating group) is 1. The average Bonchev–Trinajstić information content (AvgIpc) is 2.31. The molecule has 1 aromatic carbocycles. The van der Waals surface area contributed by atoms with Gasteiger partial charge in [-0.15, -0.1) is 0 Å². The van der Waals surface area contributed by atoms with E-state index >= 15 is 0 Å². The third kappa shape index (κ3) is 4.06. The number of hydrogen-bond donors (Lipinski definition) is 4. The Morgan fingerprint density at radius 2 is 2.06 bits per heavy atom. The second-order valence-corrected chi connectivity index (χ2v) is 3.79. The van der Waals surface area contributed by atoms with Crippen molar-refractivity contribution in [2.45, 2.75) is 19.4 Å². The highest BCUT2D eigenvalue weighted by Crippen LogP contribution is 2.21. The molecule has 1 aromatic rings. The summed E-state index contributed by atoms with van der Waals surface area (Å²) in [5, 5.41) is 14.9. The number of benzene rings is 1. The smallest absolute Gasteiger partial charge is 0.242 e. The van der Waals surface area contributed by atoms with Gasteiger partial charge in [0.05, 0.1) is 18.2 Å². The molecule has 0 aliphatic rings. The highest BCUT2D eigenvalue weighted by Gasteiger charge is 2.20. The van der Waals surface area contributed by atoms with Crippen molar-refractivity contribution in [2.24, 2.45) is 5.73 Å². The Morgan fingerprint density at radius 3 is 2.61 bits per heavy atom. The van der Waals surface area contributed by atoms with Crippen LogP contribution in [0.5, 0.6) is 5.75 Å². The van der Waals surface area contributed by atoms with E-state index in [1.54, 1.807) is 18.2 Å². The summed E-state index contributed by atoms with van der Waals surface area (Å²) < 4.78 is 0. The third-order valence-electron chi connectivity index (χ3n) is 2.33. The van der Waals surface area contributed by atoms with Crippen molar-refractivity contribution in [3.63, 3.8) is 0 Å². The minimum absolute atomic E-state index is 0.0276. The lowest BCUT2D eigenvalue weighted by Gasteiger charge is -2.16.